The lowest BCUT2D eigenvalue weighted by Gasteiger charge is -2.33. The Labute approximate surface area is 118 Å². The van der Waals surface area contributed by atoms with Crippen LogP contribution in [-0.4, -0.2) is 43.6 Å². The molecule has 1 saturated heterocycles. The molecule has 0 aliphatic carbocycles. The van der Waals surface area contributed by atoms with Crippen LogP contribution in [0.5, 0.6) is 5.75 Å². The summed E-state index contributed by atoms with van der Waals surface area (Å²) in [5.74, 6) is -0.351. The number of likely N-dealkylation sites (tertiary alicyclic amines) is 1. The largest absolute Gasteiger partial charge is 0.497 e. The van der Waals surface area contributed by atoms with Crippen LogP contribution in [0.15, 0.2) is 18.2 Å². The van der Waals surface area contributed by atoms with Crippen LogP contribution in [0.3, 0.4) is 0 Å². The van der Waals surface area contributed by atoms with Gasteiger partial charge in [0.05, 0.1) is 12.7 Å². The van der Waals surface area contributed by atoms with E-state index in [1.165, 1.54) is 19.2 Å². The third-order valence-corrected chi connectivity index (χ3v) is 3.61. The number of benzene rings is 1. The maximum atomic E-state index is 13.9. The number of nitrogens with zero attached hydrogens (tertiary/aromatic N) is 1. The van der Waals surface area contributed by atoms with Gasteiger partial charge in [-0.05, 0) is 31.5 Å². The van der Waals surface area contributed by atoms with Gasteiger partial charge in [-0.3, -0.25) is 4.79 Å². The highest BCUT2D eigenvalue weighted by molar-refractivity contribution is 5.94. The number of carbonyl (C=O) groups is 1. The van der Waals surface area contributed by atoms with Crippen molar-refractivity contribution in [3.63, 3.8) is 0 Å². The maximum Gasteiger partial charge on any atom is 0.256 e. The first-order valence-electron chi connectivity index (χ1n) is 7.02. The summed E-state index contributed by atoms with van der Waals surface area (Å²) in [6.45, 7) is 4.25. The molecule has 1 N–H and O–H groups in total. The predicted octanol–water partition coefficient (Wildman–Crippen LogP) is 2.05. The molecule has 1 aliphatic heterocycles. The second-order valence-corrected chi connectivity index (χ2v) is 4.99. The van der Waals surface area contributed by atoms with Gasteiger partial charge in [-0.25, -0.2) is 4.39 Å². The Balaban J connectivity index is 2.10. The number of likely N-dealkylation sites (N-methyl/N-ethyl adjacent to an activating group) is 1. The van der Waals surface area contributed by atoms with E-state index >= 15 is 0 Å². The second-order valence-electron chi connectivity index (χ2n) is 4.99. The van der Waals surface area contributed by atoms with Crippen LogP contribution in [0.4, 0.5) is 4.39 Å². The lowest BCUT2D eigenvalue weighted by molar-refractivity contribution is 0.0691. The number of amides is 1. The number of hydrogen-bond acceptors (Lipinski definition) is 3. The second kappa shape index (κ2) is 6.70. The van der Waals surface area contributed by atoms with E-state index in [1.54, 1.807) is 11.0 Å². The first-order valence-corrected chi connectivity index (χ1v) is 7.02. The van der Waals surface area contributed by atoms with E-state index in [-0.39, 0.29) is 11.5 Å². The zero-order valence-electron chi connectivity index (χ0n) is 12.0. The van der Waals surface area contributed by atoms with Gasteiger partial charge >= 0.3 is 0 Å². The van der Waals surface area contributed by atoms with Gasteiger partial charge in [0, 0.05) is 25.2 Å². The Bertz CT molecular complexity index is 477. The van der Waals surface area contributed by atoms with E-state index in [1.807, 2.05) is 6.92 Å². The fraction of sp³-hybridized carbons (Fsp3) is 0.533. The fourth-order valence-corrected chi connectivity index (χ4v) is 2.58. The van der Waals surface area contributed by atoms with Gasteiger partial charge in [-0.2, -0.15) is 0 Å². The molecule has 0 saturated carbocycles. The molecule has 1 aliphatic rings. The number of carbonyl (C=O) groups excluding carboxylic acids is 1. The summed E-state index contributed by atoms with van der Waals surface area (Å²) in [6.07, 6.45) is 2.00. The fourth-order valence-electron chi connectivity index (χ4n) is 2.58. The normalized spacial score (nSPS) is 18.9. The number of halogens is 1. The Kier molecular flexibility index (Phi) is 4.95. The van der Waals surface area contributed by atoms with Crippen LogP contribution in [0.25, 0.3) is 0 Å². The van der Waals surface area contributed by atoms with Crippen molar-refractivity contribution in [3.05, 3.63) is 29.6 Å². The van der Waals surface area contributed by atoms with Crippen molar-refractivity contribution < 1.29 is 13.9 Å². The molecule has 0 spiro atoms. The summed E-state index contributed by atoms with van der Waals surface area (Å²) in [7, 11) is 1.47. The highest BCUT2D eigenvalue weighted by Crippen LogP contribution is 2.20. The molecule has 1 unspecified atom stereocenters. The molecule has 0 aromatic heterocycles. The zero-order chi connectivity index (χ0) is 14.5. The number of piperidine rings is 1. The number of nitrogens with one attached hydrogen (secondary N) is 1. The van der Waals surface area contributed by atoms with Gasteiger partial charge < -0.3 is 15.0 Å². The molecular formula is C15H21FN2O2. The number of hydrogen-bond donors (Lipinski definition) is 1. The van der Waals surface area contributed by atoms with Crippen LogP contribution >= 0.6 is 0 Å². The molecule has 1 atom stereocenters. The van der Waals surface area contributed by atoms with E-state index in [0.29, 0.717) is 24.9 Å². The third-order valence-electron chi connectivity index (χ3n) is 3.61. The van der Waals surface area contributed by atoms with E-state index < -0.39 is 5.82 Å². The summed E-state index contributed by atoms with van der Waals surface area (Å²) < 4.78 is 18.9. The van der Waals surface area contributed by atoms with Crippen LogP contribution in [0.2, 0.25) is 0 Å². The molecule has 1 aromatic carbocycles. The highest BCUT2D eigenvalue weighted by Gasteiger charge is 2.25. The first kappa shape index (κ1) is 14.8. The lowest BCUT2D eigenvalue weighted by atomic mass is 10.0. The minimum atomic E-state index is -0.528. The average Bonchev–Trinajstić information content (AvgIpc) is 2.47. The van der Waals surface area contributed by atoms with Crippen LogP contribution in [-0.2, 0) is 0 Å². The van der Waals surface area contributed by atoms with Gasteiger partial charge in [-0.15, -0.1) is 0 Å². The number of ether oxygens (including phenoxy) is 1. The van der Waals surface area contributed by atoms with Crippen molar-refractivity contribution in [2.45, 2.75) is 25.8 Å². The zero-order valence-corrected chi connectivity index (χ0v) is 12.0. The predicted molar refractivity (Wildman–Crippen MR) is 75.6 cm³/mol. The number of rotatable bonds is 4. The van der Waals surface area contributed by atoms with Crippen molar-refractivity contribution in [1.82, 2.24) is 10.2 Å². The Hall–Kier alpha value is -1.62. The number of methoxy groups -OCH3 is 1. The van der Waals surface area contributed by atoms with Crippen LogP contribution < -0.4 is 10.1 Å². The molecule has 20 heavy (non-hydrogen) atoms. The van der Waals surface area contributed by atoms with E-state index in [2.05, 4.69) is 5.32 Å². The summed E-state index contributed by atoms with van der Waals surface area (Å²) in [5, 5.41) is 3.35. The van der Waals surface area contributed by atoms with Gasteiger partial charge in [0.15, 0.2) is 0 Å². The standard InChI is InChI=1S/C15H21FN2O2/c1-3-17-11-5-4-8-18(10-11)15(19)13-7-6-12(20-2)9-14(13)16/h6-7,9,11,17H,3-5,8,10H2,1-2H3. The van der Waals surface area contributed by atoms with Crippen molar-refractivity contribution in [2.24, 2.45) is 0 Å². The monoisotopic (exact) mass is 280 g/mol. The highest BCUT2D eigenvalue weighted by atomic mass is 19.1. The lowest BCUT2D eigenvalue weighted by Crippen LogP contribution is -2.48. The summed E-state index contributed by atoms with van der Waals surface area (Å²) >= 11 is 0. The van der Waals surface area contributed by atoms with Crippen molar-refractivity contribution >= 4 is 5.91 Å². The Morgan fingerprint density at radius 3 is 3.00 bits per heavy atom. The molecule has 2 rings (SSSR count). The molecule has 4 nitrogen and oxygen atoms in total. The Morgan fingerprint density at radius 1 is 1.55 bits per heavy atom. The van der Waals surface area contributed by atoms with Crippen LogP contribution in [0.1, 0.15) is 30.1 Å². The molecular weight excluding hydrogens is 259 g/mol. The smallest absolute Gasteiger partial charge is 0.256 e. The quantitative estimate of drug-likeness (QED) is 0.918. The van der Waals surface area contributed by atoms with E-state index in [0.717, 1.165) is 19.4 Å². The SMILES string of the molecule is CCNC1CCCN(C(=O)c2ccc(OC)cc2F)C1. The van der Waals surface area contributed by atoms with Crippen molar-refractivity contribution in [2.75, 3.05) is 26.7 Å². The van der Waals surface area contributed by atoms with Gasteiger partial charge in [0.1, 0.15) is 11.6 Å². The van der Waals surface area contributed by atoms with E-state index in [4.69, 9.17) is 4.74 Å². The molecule has 1 amide bonds. The molecule has 1 fully saturated rings. The summed E-state index contributed by atoms with van der Waals surface area (Å²) in [5.41, 5.74) is 0.114. The average molecular weight is 280 g/mol. The molecule has 0 radical (unpaired) electrons. The third kappa shape index (κ3) is 3.28. The molecule has 1 aromatic rings. The molecule has 5 heteroatoms. The van der Waals surface area contributed by atoms with Crippen molar-refractivity contribution in [3.8, 4) is 5.75 Å². The minimum absolute atomic E-state index is 0.114. The minimum Gasteiger partial charge on any atom is -0.497 e. The van der Waals surface area contributed by atoms with E-state index in [9.17, 15) is 9.18 Å². The summed E-state index contributed by atoms with van der Waals surface area (Å²) in [4.78, 5) is 14.1. The van der Waals surface area contributed by atoms with Gasteiger partial charge in [0.25, 0.3) is 5.91 Å². The first-order chi connectivity index (χ1) is 9.65. The summed E-state index contributed by atoms with van der Waals surface area (Å²) in [6, 6.07) is 4.66. The molecule has 110 valence electrons. The van der Waals surface area contributed by atoms with Gasteiger partial charge in [0.2, 0.25) is 0 Å². The molecule has 1 heterocycles. The van der Waals surface area contributed by atoms with Gasteiger partial charge in [-0.1, -0.05) is 6.92 Å². The molecule has 0 bridgehead atoms. The maximum absolute atomic E-state index is 13.9. The van der Waals surface area contributed by atoms with Crippen molar-refractivity contribution in [1.29, 1.82) is 0 Å². The Morgan fingerprint density at radius 2 is 2.35 bits per heavy atom. The topological polar surface area (TPSA) is 41.6 Å². The van der Waals surface area contributed by atoms with Crippen LogP contribution in [0, 0.1) is 5.82 Å².